The second kappa shape index (κ2) is 3.47. The number of ether oxygens (including phenoxy) is 1. The molecule has 1 fully saturated rings. The van der Waals surface area contributed by atoms with E-state index in [0.29, 0.717) is 4.43 Å². The van der Waals surface area contributed by atoms with E-state index < -0.39 is 12.1 Å². The number of alkyl halides is 4. The Kier molecular flexibility index (Phi) is 3.02. The molecule has 11 heavy (non-hydrogen) atoms. The van der Waals surface area contributed by atoms with Gasteiger partial charge in [0.2, 0.25) is 0 Å². The van der Waals surface area contributed by atoms with Crippen LogP contribution >= 0.6 is 22.6 Å². The zero-order valence-corrected chi connectivity index (χ0v) is 7.85. The van der Waals surface area contributed by atoms with E-state index >= 15 is 0 Å². The summed E-state index contributed by atoms with van der Waals surface area (Å²) in [6.07, 6.45) is -4.13. The Labute approximate surface area is 76.4 Å². The lowest BCUT2D eigenvalue weighted by Gasteiger charge is -2.11. The summed E-state index contributed by atoms with van der Waals surface area (Å²) in [5, 5.41) is 0. The molecule has 0 saturated carbocycles. The minimum absolute atomic E-state index is 0.131. The number of hydrogen-bond acceptors (Lipinski definition) is 1. The largest absolute Gasteiger partial charge is 0.394 e. The summed E-state index contributed by atoms with van der Waals surface area (Å²) in [5.41, 5.74) is 0. The van der Waals surface area contributed by atoms with Crippen molar-refractivity contribution in [3.8, 4) is 0 Å². The highest BCUT2D eigenvalue weighted by Gasteiger charge is 2.44. The normalized spacial score (nSPS) is 32.7. The summed E-state index contributed by atoms with van der Waals surface area (Å²) in [6, 6.07) is 0. The van der Waals surface area contributed by atoms with Gasteiger partial charge in [0, 0.05) is 4.43 Å². The summed E-state index contributed by atoms with van der Waals surface area (Å²) >= 11 is 2.04. The van der Waals surface area contributed by atoms with Gasteiger partial charge in [-0.15, -0.1) is 0 Å². The summed E-state index contributed by atoms with van der Waals surface area (Å²) in [6.45, 7) is -0.156. The van der Waals surface area contributed by atoms with E-state index in [9.17, 15) is 13.2 Å². The first-order valence-electron chi connectivity index (χ1n) is 3.28. The molecule has 2 atom stereocenters. The van der Waals surface area contributed by atoms with Crippen molar-refractivity contribution < 1.29 is 17.9 Å². The molecule has 66 valence electrons. The molecule has 0 aromatic heterocycles. The molecule has 0 aromatic rings. The SMILES string of the molecule is FC(F)(F)[C@@H]1CO[C@@H](CI)C1. The first kappa shape index (κ1) is 9.57. The molecule has 1 nitrogen and oxygen atoms in total. The number of halogens is 4. The van der Waals surface area contributed by atoms with Crippen LogP contribution < -0.4 is 0 Å². The third-order valence-electron chi connectivity index (χ3n) is 1.72. The van der Waals surface area contributed by atoms with Crippen LogP contribution in [0.2, 0.25) is 0 Å². The third-order valence-corrected chi connectivity index (χ3v) is 2.70. The topological polar surface area (TPSA) is 9.23 Å². The molecule has 0 spiro atoms. The maximum atomic E-state index is 12.0. The van der Waals surface area contributed by atoms with Crippen molar-refractivity contribution in [3.63, 3.8) is 0 Å². The van der Waals surface area contributed by atoms with Crippen molar-refractivity contribution in [1.29, 1.82) is 0 Å². The molecule has 5 heteroatoms. The smallest absolute Gasteiger partial charge is 0.377 e. The molecular formula is C6H8F3IO. The minimum Gasteiger partial charge on any atom is -0.377 e. The van der Waals surface area contributed by atoms with Crippen molar-refractivity contribution in [3.05, 3.63) is 0 Å². The van der Waals surface area contributed by atoms with Crippen LogP contribution in [0.5, 0.6) is 0 Å². The predicted molar refractivity (Wildman–Crippen MR) is 42.8 cm³/mol. The summed E-state index contributed by atoms with van der Waals surface area (Å²) in [5.74, 6) is -1.23. The maximum absolute atomic E-state index is 12.0. The molecule has 0 amide bonds. The van der Waals surface area contributed by atoms with Crippen molar-refractivity contribution >= 4 is 22.6 Å². The first-order valence-corrected chi connectivity index (χ1v) is 4.81. The lowest BCUT2D eigenvalue weighted by molar-refractivity contribution is -0.173. The van der Waals surface area contributed by atoms with Crippen LogP contribution in [0.4, 0.5) is 13.2 Å². The van der Waals surface area contributed by atoms with E-state index in [1.54, 1.807) is 0 Å². The Balaban J connectivity index is 2.42. The van der Waals surface area contributed by atoms with E-state index in [1.165, 1.54) is 0 Å². The average molecular weight is 280 g/mol. The Hall–Kier alpha value is 0.480. The van der Waals surface area contributed by atoms with Gasteiger partial charge < -0.3 is 4.74 Å². The van der Waals surface area contributed by atoms with Crippen LogP contribution in [0.3, 0.4) is 0 Å². The molecule has 1 saturated heterocycles. The van der Waals surface area contributed by atoms with Crippen LogP contribution in [-0.2, 0) is 4.74 Å². The molecule has 0 N–H and O–H groups in total. The van der Waals surface area contributed by atoms with E-state index in [0.717, 1.165) is 0 Å². The van der Waals surface area contributed by atoms with Gasteiger partial charge in [-0.2, -0.15) is 13.2 Å². The zero-order chi connectivity index (χ0) is 8.48. The van der Waals surface area contributed by atoms with Crippen molar-refractivity contribution in [2.45, 2.75) is 18.7 Å². The Bertz CT molecular complexity index is 136. The van der Waals surface area contributed by atoms with Crippen molar-refractivity contribution in [2.75, 3.05) is 11.0 Å². The van der Waals surface area contributed by atoms with Crippen LogP contribution in [0.15, 0.2) is 0 Å². The van der Waals surface area contributed by atoms with Crippen molar-refractivity contribution in [2.24, 2.45) is 5.92 Å². The Morgan fingerprint density at radius 1 is 1.45 bits per heavy atom. The number of hydrogen-bond donors (Lipinski definition) is 0. The van der Waals surface area contributed by atoms with Crippen LogP contribution in [0.25, 0.3) is 0 Å². The molecule has 0 aliphatic carbocycles. The van der Waals surface area contributed by atoms with Gasteiger partial charge in [-0.25, -0.2) is 0 Å². The lowest BCUT2D eigenvalue weighted by atomic mass is 10.1. The summed E-state index contributed by atoms with van der Waals surface area (Å²) in [7, 11) is 0. The highest BCUT2D eigenvalue weighted by Crippen LogP contribution is 2.35. The number of rotatable bonds is 1. The van der Waals surface area contributed by atoms with Gasteiger partial charge in [0.05, 0.1) is 18.6 Å². The Morgan fingerprint density at radius 2 is 2.09 bits per heavy atom. The van der Waals surface area contributed by atoms with Gasteiger partial charge in [0.25, 0.3) is 0 Å². The van der Waals surface area contributed by atoms with Gasteiger partial charge >= 0.3 is 6.18 Å². The lowest BCUT2D eigenvalue weighted by Crippen LogP contribution is -2.23. The third kappa shape index (κ3) is 2.47. The second-order valence-corrected chi connectivity index (χ2v) is 3.46. The highest BCUT2D eigenvalue weighted by atomic mass is 127. The highest BCUT2D eigenvalue weighted by molar-refractivity contribution is 14.1. The minimum atomic E-state index is -4.07. The van der Waals surface area contributed by atoms with Crippen molar-refractivity contribution in [1.82, 2.24) is 0 Å². The monoisotopic (exact) mass is 280 g/mol. The molecule has 1 rings (SSSR count). The van der Waals surface area contributed by atoms with Crippen LogP contribution in [0.1, 0.15) is 6.42 Å². The molecule has 0 radical (unpaired) electrons. The second-order valence-electron chi connectivity index (χ2n) is 2.58. The van der Waals surface area contributed by atoms with Gasteiger partial charge in [-0.05, 0) is 6.42 Å². The van der Waals surface area contributed by atoms with E-state index in [-0.39, 0.29) is 19.1 Å². The van der Waals surface area contributed by atoms with E-state index in [4.69, 9.17) is 4.74 Å². The predicted octanol–water partition coefficient (Wildman–Crippen LogP) is 2.39. The van der Waals surface area contributed by atoms with E-state index in [2.05, 4.69) is 0 Å². The van der Waals surface area contributed by atoms with E-state index in [1.807, 2.05) is 22.6 Å². The molecule has 0 aromatic carbocycles. The van der Waals surface area contributed by atoms with Gasteiger partial charge in [0.1, 0.15) is 0 Å². The van der Waals surface area contributed by atoms with Gasteiger partial charge in [0.15, 0.2) is 0 Å². The zero-order valence-electron chi connectivity index (χ0n) is 5.70. The van der Waals surface area contributed by atoms with Crippen LogP contribution in [-0.4, -0.2) is 23.3 Å². The molecule has 0 bridgehead atoms. The molecule has 1 heterocycles. The molecule has 1 aliphatic heterocycles. The first-order chi connectivity index (χ1) is 5.04. The fraction of sp³-hybridized carbons (Fsp3) is 1.00. The van der Waals surface area contributed by atoms with Crippen LogP contribution in [0, 0.1) is 5.92 Å². The van der Waals surface area contributed by atoms with Gasteiger partial charge in [-0.1, -0.05) is 22.6 Å². The fourth-order valence-corrected chi connectivity index (χ4v) is 1.66. The molecule has 1 aliphatic rings. The summed E-state index contributed by atoms with van der Waals surface area (Å²) < 4.78 is 41.5. The quantitative estimate of drug-likeness (QED) is 0.529. The van der Waals surface area contributed by atoms with Gasteiger partial charge in [-0.3, -0.25) is 0 Å². The average Bonchev–Trinajstić information content (AvgIpc) is 2.32. The molecular weight excluding hydrogens is 272 g/mol. The Morgan fingerprint density at radius 3 is 2.36 bits per heavy atom. The maximum Gasteiger partial charge on any atom is 0.394 e. The fourth-order valence-electron chi connectivity index (χ4n) is 1.04. The molecule has 0 unspecified atom stereocenters. The standard InChI is InChI=1S/C6H8F3IO/c7-6(8,9)4-1-5(2-10)11-3-4/h4-5H,1-3H2/t4-,5+/m0/s1. The summed E-state index contributed by atoms with van der Waals surface area (Å²) in [4.78, 5) is 0.